The van der Waals surface area contributed by atoms with Crippen LogP contribution in [0.3, 0.4) is 0 Å². The van der Waals surface area contributed by atoms with Gasteiger partial charge in [-0.15, -0.1) is 0 Å². The Morgan fingerprint density at radius 1 is 0.292 bits per heavy atom. The van der Waals surface area contributed by atoms with Crippen LogP contribution >= 0.6 is 14.5 Å². The van der Waals surface area contributed by atoms with Crippen molar-refractivity contribution < 1.29 is 34.0 Å². The topological polar surface area (TPSA) is 52.0 Å². The van der Waals surface area contributed by atoms with Crippen LogP contribution in [0.5, 0.6) is 0 Å². The summed E-state index contributed by atoms with van der Waals surface area (Å²) in [6.45, 7) is 1.46. The van der Waals surface area contributed by atoms with Gasteiger partial charge in [0.25, 0.3) is 0 Å². The summed E-state index contributed by atoms with van der Waals surface area (Å²) in [5.74, 6) is 0. The number of hydrogen-bond donors (Lipinski definition) is 2. The van der Waals surface area contributed by atoms with E-state index >= 15 is 0 Å². The van der Waals surface area contributed by atoms with Gasteiger partial charge in [0.1, 0.15) is 46.4 Å². The largest absolute Gasteiger partial charge is 1.00 e. The van der Waals surface area contributed by atoms with E-state index in [-0.39, 0.29) is 34.0 Å². The molecule has 0 atom stereocenters. The summed E-state index contributed by atoms with van der Waals surface area (Å²) in [7, 11) is -3.30. The molecule has 0 bridgehead atoms. The predicted octanol–water partition coefficient (Wildman–Crippen LogP) is 0.667. The molecule has 48 heavy (non-hydrogen) atoms. The van der Waals surface area contributed by atoms with Crippen LogP contribution < -0.4 is 77.3 Å². The average molecular weight is 801 g/mol. The summed E-state index contributed by atoms with van der Waals surface area (Å²) in [4.78, 5) is 0. The molecule has 0 unspecified atom stereocenters. The van der Waals surface area contributed by atoms with Gasteiger partial charge in [-0.05, 0) is 98.7 Å². The third-order valence-corrected chi connectivity index (χ3v) is 17.6. The van der Waals surface area contributed by atoms with Crippen molar-refractivity contribution in [1.82, 2.24) is 0 Å². The smallest absolute Gasteiger partial charge is 0.112 e. The molecule has 0 aromatic heterocycles. The summed E-state index contributed by atoms with van der Waals surface area (Å²) < 4.78 is 0. The third-order valence-electron chi connectivity index (χ3n) is 8.58. The van der Waals surface area contributed by atoms with Crippen LogP contribution in [0, 0.1) is 0 Å². The lowest BCUT2D eigenvalue weighted by molar-refractivity contribution is -0.00100. The molecule has 0 spiro atoms. The van der Waals surface area contributed by atoms with Crippen molar-refractivity contribution in [2.24, 2.45) is 11.5 Å². The van der Waals surface area contributed by atoms with E-state index in [1.54, 1.807) is 0 Å². The Hall–Kier alpha value is -2.94. The quantitative estimate of drug-likeness (QED) is 0.179. The van der Waals surface area contributed by atoms with Crippen molar-refractivity contribution in [3.63, 3.8) is 0 Å². The molecule has 6 aromatic carbocycles. The van der Waals surface area contributed by atoms with Gasteiger partial charge in [-0.2, -0.15) is 0 Å². The van der Waals surface area contributed by atoms with Crippen LogP contribution in [0.2, 0.25) is 0 Å². The fourth-order valence-corrected chi connectivity index (χ4v) is 15.2. The molecule has 0 saturated carbocycles. The molecular weight excluding hydrogens is 754 g/mol. The molecule has 0 aliphatic heterocycles. The lowest BCUT2D eigenvalue weighted by atomic mass is 10.4. The molecule has 0 radical (unpaired) electrons. The van der Waals surface area contributed by atoms with E-state index in [2.05, 4.69) is 182 Å². The Labute approximate surface area is 310 Å². The Bertz CT molecular complexity index is 1370. The lowest BCUT2D eigenvalue weighted by Gasteiger charge is -2.27. The van der Waals surface area contributed by atoms with E-state index in [9.17, 15) is 0 Å². The molecule has 6 heteroatoms. The Morgan fingerprint density at radius 3 is 0.604 bits per heavy atom. The number of hydrogen-bond acceptors (Lipinski definition) is 2. The molecule has 248 valence electrons. The molecular formula is C42H46Br2N2P2. The van der Waals surface area contributed by atoms with E-state index in [0.29, 0.717) is 0 Å². The number of halogens is 2. The molecule has 4 N–H and O–H groups in total. The summed E-state index contributed by atoms with van der Waals surface area (Å²) >= 11 is 0. The van der Waals surface area contributed by atoms with Crippen LogP contribution in [-0.4, -0.2) is 25.4 Å². The minimum absolute atomic E-state index is 0. The zero-order valence-electron chi connectivity index (χ0n) is 27.4. The van der Waals surface area contributed by atoms with E-state index in [1.807, 2.05) is 0 Å². The van der Waals surface area contributed by atoms with Gasteiger partial charge >= 0.3 is 0 Å². The first-order valence-corrected chi connectivity index (χ1v) is 20.2. The summed E-state index contributed by atoms with van der Waals surface area (Å²) in [5.41, 5.74) is 11.8. The number of benzene rings is 6. The Kier molecular flexibility index (Phi) is 16.9. The van der Waals surface area contributed by atoms with Crippen LogP contribution in [0.15, 0.2) is 182 Å². The van der Waals surface area contributed by atoms with Gasteiger partial charge in [0.15, 0.2) is 0 Å². The predicted molar refractivity (Wildman–Crippen MR) is 207 cm³/mol. The average Bonchev–Trinajstić information content (AvgIpc) is 3.15. The highest BCUT2D eigenvalue weighted by Gasteiger charge is 2.45. The van der Waals surface area contributed by atoms with E-state index < -0.39 is 14.5 Å². The fourth-order valence-electron chi connectivity index (χ4n) is 6.42. The molecule has 6 aromatic rings. The second kappa shape index (κ2) is 20.5. The second-order valence-corrected chi connectivity index (χ2v) is 18.6. The second-order valence-electron chi connectivity index (χ2n) is 11.4. The highest BCUT2D eigenvalue weighted by atomic mass is 79.9. The maximum atomic E-state index is 5.89. The van der Waals surface area contributed by atoms with Crippen molar-refractivity contribution in [1.29, 1.82) is 0 Å². The first-order valence-electron chi connectivity index (χ1n) is 16.3. The van der Waals surface area contributed by atoms with Crippen molar-refractivity contribution in [2.45, 2.75) is 12.8 Å². The lowest BCUT2D eigenvalue weighted by Crippen LogP contribution is -3.00. The first-order chi connectivity index (χ1) is 22.8. The van der Waals surface area contributed by atoms with Gasteiger partial charge in [0.05, 0.1) is 12.3 Å². The van der Waals surface area contributed by atoms with Gasteiger partial charge in [-0.3, -0.25) is 0 Å². The van der Waals surface area contributed by atoms with Crippen molar-refractivity contribution in [3.8, 4) is 0 Å². The number of nitrogens with two attached hydrogens (primary N) is 2. The highest BCUT2D eigenvalue weighted by Crippen LogP contribution is 2.56. The summed E-state index contributed by atoms with van der Waals surface area (Å²) in [6.07, 6.45) is 4.29. The first kappa shape index (κ1) is 39.5. The molecule has 6 rings (SSSR count). The zero-order chi connectivity index (χ0) is 31.9. The summed E-state index contributed by atoms with van der Waals surface area (Å²) in [6, 6.07) is 65.8. The maximum absolute atomic E-state index is 5.89. The van der Waals surface area contributed by atoms with Crippen molar-refractivity contribution >= 4 is 46.4 Å². The third kappa shape index (κ3) is 9.19. The van der Waals surface area contributed by atoms with Crippen LogP contribution in [-0.2, 0) is 0 Å². The van der Waals surface area contributed by atoms with Gasteiger partial charge in [-0.25, -0.2) is 0 Å². The van der Waals surface area contributed by atoms with E-state index in [4.69, 9.17) is 11.5 Å². The highest BCUT2D eigenvalue weighted by molar-refractivity contribution is 7.96. The molecule has 0 saturated heterocycles. The van der Waals surface area contributed by atoms with Crippen molar-refractivity contribution in [3.05, 3.63) is 182 Å². The molecule has 0 fully saturated rings. The van der Waals surface area contributed by atoms with Crippen LogP contribution in [0.1, 0.15) is 12.8 Å². The number of rotatable bonds is 12. The van der Waals surface area contributed by atoms with Crippen LogP contribution in [0.4, 0.5) is 0 Å². The maximum Gasteiger partial charge on any atom is 0.112 e. The SMILES string of the molecule is NCCC[P+](c1ccccc1)(c1ccccc1)c1ccccc1.NCCC[P+](c1ccccc1)(c1ccccc1)c1ccccc1.[Br-].[Br-]. The van der Waals surface area contributed by atoms with Gasteiger partial charge in [-0.1, -0.05) is 109 Å². The van der Waals surface area contributed by atoms with Gasteiger partial charge < -0.3 is 45.4 Å². The monoisotopic (exact) mass is 798 g/mol. The zero-order valence-corrected chi connectivity index (χ0v) is 32.3. The molecule has 0 aliphatic rings. The molecule has 2 nitrogen and oxygen atoms in total. The van der Waals surface area contributed by atoms with Gasteiger partial charge in [0.2, 0.25) is 0 Å². The minimum Gasteiger partial charge on any atom is -1.00 e. The Morgan fingerprint density at radius 2 is 0.458 bits per heavy atom. The van der Waals surface area contributed by atoms with E-state index in [0.717, 1.165) is 38.3 Å². The normalized spacial score (nSPS) is 10.9. The molecule has 0 amide bonds. The summed E-state index contributed by atoms with van der Waals surface area (Å²) in [5, 5.41) is 8.62. The fraction of sp³-hybridized carbons (Fsp3) is 0.143. The standard InChI is InChI=1S/2C21H23NP.2BrH/c2*22-17-10-18-23(19-11-4-1-5-12-19,20-13-6-2-7-14-20)21-15-8-3-9-16-21;;/h2*1-9,11-16H,10,17-18,22H2;2*1H/q2*+1;;/p-2. The van der Waals surface area contributed by atoms with Crippen LogP contribution in [0.25, 0.3) is 0 Å². The molecule has 0 heterocycles. The minimum atomic E-state index is -1.65. The molecule has 0 aliphatic carbocycles. The van der Waals surface area contributed by atoms with Crippen molar-refractivity contribution in [2.75, 3.05) is 25.4 Å². The van der Waals surface area contributed by atoms with Gasteiger partial charge in [0, 0.05) is 0 Å². The Balaban J connectivity index is 0.000000250. The van der Waals surface area contributed by atoms with E-state index in [1.165, 1.54) is 31.8 Å².